The summed E-state index contributed by atoms with van der Waals surface area (Å²) in [7, 11) is 0. The smallest absolute Gasteiger partial charge is 0.331 e. The molecule has 0 radical (unpaired) electrons. The normalized spacial score (nSPS) is 9.73. The molecule has 0 atom stereocenters. The molecular formula is C9H12BrClF3N. The van der Waals surface area contributed by atoms with E-state index in [0.29, 0.717) is 4.47 Å². The first kappa shape index (κ1) is 17.1. The molecule has 1 aromatic carbocycles. The summed E-state index contributed by atoms with van der Waals surface area (Å²) < 4.78 is 36.3. The van der Waals surface area contributed by atoms with Gasteiger partial charge in [0.1, 0.15) is 0 Å². The van der Waals surface area contributed by atoms with E-state index in [1.165, 1.54) is 6.07 Å². The fraction of sp³-hybridized carbons (Fsp3) is 0.333. The highest BCUT2D eigenvalue weighted by molar-refractivity contribution is 9.10. The molecule has 2 N–H and O–H groups in total. The SMILES string of the molecule is CCN.Cl.FC(F)(F)c1cccc(Br)c1. The lowest BCUT2D eigenvalue weighted by atomic mass is 10.2. The van der Waals surface area contributed by atoms with Gasteiger partial charge in [-0.2, -0.15) is 13.2 Å². The lowest BCUT2D eigenvalue weighted by Gasteiger charge is -2.05. The number of rotatable bonds is 0. The fourth-order valence-electron chi connectivity index (χ4n) is 0.665. The third-order valence-electron chi connectivity index (χ3n) is 1.15. The topological polar surface area (TPSA) is 26.0 Å². The highest BCUT2D eigenvalue weighted by Gasteiger charge is 2.30. The van der Waals surface area contributed by atoms with Crippen molar-refractivity contribution in [2.45, 2.75) is 13.1 Å². The molecule has 1 rings (SSSR count). The zero-order chi connectivity index (χ0) is 11.2. The van der Waals surface area contributed by atoms with Gasteiger partial charge in [-0.05, 0) is 24.7 Å². The fourth-order valence-corrected chi connectivity index (χ4v) is 1.06. The first-order valence-electron chi connectivity index (χ1n) is 3.94. The minimum atomic E-state index is -4.25. The van der Waals surface area contributed by atoms with Gasteiger partial charge < -0.3 is 5.73 Å². The lowest BCUT2D eigenvalue weighted by Crippen LogP contribution is -2.03. The molecule has 88 valence electrons. The van der Waals surface area contributed by atoms with E-state index >= 15 is 0 Å². The zero-order valence-corrected chi connectivity index (χ0v) is 10.4. The number of hydrogen-bond acceptors (Lipinski definition) is 1. The Morgan fingerprint density at radius 1 is 1.33 bits per heavy atom. The Labute approximate surface area is 101 Å². The van der Waals surface area contributed by atoms with Crippen LogP contribution >= 0.6 is 28.3 Å². The Kier molecular flexibility index (Phi) is 9.10. The summed E-state index contributed by atoms with van der Waals surface area (Å²) in [6.45, 7) is 2.65. The Bertz CT molecular complexity index is 278. The standard InChI is InChI=1S/C7H4BrF3.C2H7N.ClH/c8-6-3-1-2-5(4-6)7(9,10)11;1-2-3;/h1-4H;2-3H2,1H3;1H. The Morgan fingerprint density at radius 2 is 1.80 bits per heavy atom. The van der Waals surface area contributed by atoms with Crippen LogP contribution in [0.15, 0.2) is 28.7 Å². The number of benzene rings is 1. The molecule has 0 saturated carbocycles. The molecule has 0 aromatic heterocycles. The second-order valence-electron chi connectivity index (χ2n) is 2.42. The lowest BCUT2D eigenvalue weighted by molar-refractivity contribution is -0.137. The molecule has 1 nitrogen and oxygen atoms in total. The average molecular weight is 307 g/mol. The van der Waals surface area contributed by atoms with Crippen LogP contribution in [-0.4, -0.2) is 6.54 Å². The highest BCUT2D eigenvalue weighted by atomic mass is 79.9. The minimum Gasteiger partial charge on any atom is -0.331 e. The van der Waals surface area contributed by atoms with Gasteiger partial charge in [-0.3, -0.25) is 0 Å². The molecule has 0 aliphatic carbocycles. The van der Waals surface area contributed by atoms with Crippen molar-refractivity contribution in [1.29, 1.82) is 0 Å². The van der Waals surface area contributed by atoms with Crippen molar-refractivity contribution in [3.63, 3.8) is 0 Å². The van der Waals surface area contributed by atoms with Crippen molar-refractivity contribution in [2.75, 3.05) is 6.54 Å². The van der Waals surface area contributed by atoms with Crippen LogP contribution in [0.25, 0.3) is 0 Å². The number of nitrogens with two attached hydrogens (primary N) is 1. The van der Waals surface area contributed by atoms with E-state index < -0.39 is 11.7 Å². The molecule has 0 heterocycles. The first-order valence-corrected chi connectivity index (χ1v) is 4.74. The molecule has 0 aliphatic heterocycles. The summed E-state index contributed by atoms with van der Waals surface area (Å²) in [6.07, 6.45) is -4.25. The molecule has 0 amide bonds. The molecule has 0 saturated heterocycles. The van der Waals surface area contributed by atoms with Gasteiger partial charge in [-0.15, -0.1) is 12.4 Å². The maximum Gasteiger partial charge on any atom is 0.416 e. The summed E-state index contributed by atoms with van der Waals surface area (Å²) in [5.74, 6) is 0. The average Bonchev–Trinajstić information content (AvgIpc) is 2.04. The molecule has 0 aliphatic rings. The van der Waals surface area contributed by atoms with Crippen molar-refractivity contribution in [3.8, 4) is 0 Å². The Balaban J connectivity index is 0. The third kappa shape index (κ3) is 7.64. The summed E-state index contributed by atoms with van der Waals surface area (Å²) in [5.41, 5.74) is 4.21. The van der Waals surface area contributed by atoms with Crippen LogP contribution in [0.3, 0.4) is 0 Å². The van der Waals surface area contributed by atoms with Gasteiger partial charge in [0.25, 0.3) is 0 Å². The Morgan fingerprint density at radius 3 is 2.07 bits per heavy atom. The van der Waals surface area contributed by atoms with Crippen LogP contribution in [0.5, 0.6) is 0 Å². The van der Waals surface area contributed by atoms with E-state index in [2.05, 4.69) is 15.9 Å². The molecular weight excluding hydrogens is 294 g/mol. The van der Waals surface area contributed by atoms with Gasteiger partial charge in [-0.1, -0.05) is 28.9 Å². The quantitative estimate of drug-likeness (QED) is 0.774. The molecule has 1 aromatic rings. The van der Waals surface area contributed by atoms with Gasteiger partial charge >= 0.3 is 6.18 Å². The van der Waals surface area contributed by atoms with E-state index in [1.807, 2.05) is 6.92 Å². The summed E-state index contributed by atoms with van der Waals surface area (Å²) >= 11 is 2.95. The van der Waals surface area contributed by atoms with Crippen molar-refractivity contribution >= 4 is 28.3 Å². The number of halogens is 5. The summed E-state index contributed by atoms with van der Waals surface area (Å²) in [4.78, 5) is 0. The van der Waals surface area contributed by atoms with E-state index in [-0.39, 0.29) is 12.4 Å². The number of alkyl halides is 3. The van der Waals surface area contributed by atoms with Gasteiger partial charge in [0.15, 0.2) is 0 Å². The van der Waals surface area contributed by atoms with Crippen LogP contribution < -0.4 is 5.73 Å². The monoisotopic (exact) mass is 305 g/mol. The first-order chi connectivity index (χ1) is 6.41. The molecule has 0 unspecified atom stereocenters. The van der Waals surface area contributed by atoms with Gasteiger partial charge in [0, 0.05) is 4.47 Å². The third-order valence-corrected chi connectivity index (χ3v) is 1.65. The van der Waals surface area contributed by atoms with Crippen molar-refractivity contribution in [1.82, 2.24) is 0 Å². The van der Waals surface area contributed by atoms with Crippen LogP contribution in [0, 0.1) is 0 Å². The highest BCUT2D eigenvalue weighted by Crippen LogP contribution is 2.30. The van der Waals surface area contributed by atoms with E-state index in [4.69, 9.17) is 5.73 Å². The van der Waals surface area contributed by atoms with E-state index in [9.17, 15) is 13.2 Å². The number of hydrogen-bond donors (Lipinski definition) is 1. The molecule has 6 heteroatoms. The molecule has 0 fully saturated rings. The van der Waals surface area contributed by atoms with Crippen LogP contribution in [0.1, 0.15) is 12.5 Å². The van der Waals surface area contributed by atoms with Crippen LogP contribution in [0.4, 0.5) is 13.2 Å². The van der Waals surface area contributed by atoms with Crippen LogP contribution in [-0.2, 0) is 6.18 Å². The van der Waals surface area contributed by atoms with Gasteiger partial charge in [0.05, 0.1) is 5.56 Å². The van der Waals surface area contributed by atoms with Crippen molar-refractivity contribution in [2.24, 2.45) is 5.73 Å². The predicted octanol–water partition coefficient (Wildman–Crippen LogP) is 3.85. The summed E-state index contributed by atoms with van der Waals surface area (Å²) in [6, 6.07) is 4.98. The van der Waals surface area contributed by atoms with Crippen molar-refractivity contribution in [3.05, 3.63) is 34.3 Å². The second-order valence-corrected chi connectivity index (χ2v) is 3.33. The maximum absolute atomic E-state index is 11.9. The van der Waals surface area contributed by atoms with E-state index in [0.717, 1.165) is 18.7 Å². The van der Waals surface area contributed by atoms with Crippen LogP contribution in [0.2, 0.25) is 0 Å². The van der Waals surface area contributed by atoms with Gasteiger partial charge in [-0.25, -0.2) is 0 Å². The molecule has 0 bridgehead atoms. The molecule has 15 heavy (non-hydrogen) atoms. The Hall–Kier alpha value is -0.260. The summed E-state index contributed by atoms with van der Waals surface area (Å²) in [5, 5.41) is 0. The second kappa shape index (κ2) is 7.96. The predicted molar refractivity (Wildman–Crippen MR) is 61.1 cm³/mol. The van der Waals surface area contributed by atoms with Gasteiger partial charge in [0.2, 0.25) is 0 Å². The van der Waals surface area contributed by atoms with Crippen molar-refractivity contribution < 1.29 is 13.2 Å². The maximum atomic E-state index is 11.9. The zero-order valence-electron chi connectivity index (χ0n) is 8.01. The largest absolute Gasteiger partial charge is 0.416 e. The molecule has 0 spiro atoms. The minimum absolute atomic E-state index is 0. The van der Waals surface area contributed by atoms with E-state index in [1.54, 1.807) is 6.07 Å².